The third kappa shape index (κ3) is 5.21. The lowest BCUT2D eigenvalue weighted by atomic mass is 10.1. The van der Waals surface area contributed by atoms with E-state index in [9.17, 15) is 4.79 Å². The summed E-state index contributed by atoms with van der Waals surface area (Å²) in [6.45, 7) is 4.39. The molecule has 0 bridgehead atoms. The van der Waals surface area contributed by atoms with Crippen LogP contribution < -0.4 is 19.5 Å². The number of nitrogens with one attached hydrogen (secondary N) is 1. The van der Waals surface area contributed by atoms with Gasteiger partial charge in [-0.1, -0.05) is 17.7 Å². The summed E-state index contributed by atoms with van der Waals surface area (Å²) in [4.78, 5) is 12.8. The molecular formula is C23H22ClNO4. The monoisotopic (exact) mass is 411 g/mol. The molecule has 29 heavy (non-hydrogen) atoms. The second-order valence-corrected chi connectivity index (χ2v) is 6.73. The molecule has 0 radical (unpaired) electrons. The van der Waals surface area contributed by atoms with Gasteiger partial charge in [0.05, 0.1) is 19.4 Å². The second-order valence-electron chi connectivity index (χ2n) is 6.29. The van der Waals surface area contributed by atoms with Crippen molar-refractivity contribution in [1.82, 2.24) is 0 Å². The molecule has 3 aromatic carbocycles. The van der Waals surface area contributed by atoms with Crippen LogP contribution in [0.4, 0.5) is 5.69 Å². The van der Waals surface area contributed by atoms with Gasteiger partial charge in [0.15, 0.2) is 5.75 Å². The van der Waals surface area contributed by atoms with Crippen molar-refractivity contribution in [1.29, 1.82) is 0 Å². The van der Waals surface area contributed by atoms with E-state index in [1.807, 2.05) is 26.0 Å². The summed E-state index contributed by atoms with van der Waals surface area (Å²) >= 11 is 6.13. The number of anilines is 1. The van der Waals surface area contributed by atoms with E-state index in [4.69, 9.17) is 25.8 Å². The van der Waals surface area contributed by atoms with E-state index in [2.05, 4.69) is 5.32 Å². The van der Waals surface area contributed by atoms with Gasteiger partial charge in [-0.05, 0) is 67.9 Å². The number of rotatable bonds is 7. The van der Waals surface area contributed by atoms with E-state index >= 15 is 0 Å². The molecule has 5 nitrogen and oxygen atoms in total. The van der Waals surface area contributed by atoms with Crippen molar-refractivity contribution < 1.29 is 19.0 Å². The molecular weight excluding hydrogens is 390 g/mol. The van der Waals surface area contributed by atoms with Crippen molar-refractivity contribution in [3.8, 4) is 23.0 Å². The Hall–Kier alpha value is -3.18. The standard InChI is InChI=1S/C23H22ClNO4/c1-4-28-21-10-8-16(12-15(21)2)23(26)25-20-13-17(24)9-11-22(20)29-19-7-5-6-18(14-19)27-3/h5-14H,4H2,1-3H3,(H,25,26). The number of aryl methyl sites for hydroxylation is 1. The lowest BCUT2D eigenvalue weighted by Crippen LogP contribution is -2.13. The Morgan fingerprint density at radius 1 is 1.00 bits per heavy atom. The average molecular weight is 412 g/mol. The predicted molar refractivity (Wildman–Crippen MR) is 115 cm³/mol. The lowest BCUT2D eigenvalue weighted by molar-refractivity contribution is 0.102. The quantitative estimate of drug-likeness (QED) is 0.510. The van der Waals surface area contributed by atoms with E-state index in [0.29, 0.717) is 40.1 Å². The maximum atomic E-state index is 12.8. The van der Waals surface area contributed by atoms with Crippen LogP contribution in [-0.4, -0.2) is 19.6 Å². The molecule has 0 fully saturated rings. The van der Waals surface area contributed by atoms with Crippen LogP contribution in [0.1, 0.15) is 22.8 Å². The van der Waals surface area contributed by atoms with Crippen LogP contribution in [0.15, 0.2) is 60.7 Å². The minimum Gasteiger partial charge on any atom is -0.497 e. The molecule has 0 spiro atoms. The molecule has 0 saturated heterocycles. The smallest absolute Gasteiger partial charge is 0.255 e. The van der Waals surface area contributed by atoms with Crippen LogP contribution in [0.25, 0.3) is 0 Å². The zero-order chi connectivity index (χ0) is 20.8. The summed E-state index contributed by atoms with van der Waals surface area (Å²) in [5.74, 6) is 2.22. The summed E-state index contributed by atoms with van der Waals surface area (Å²) in [6.07, 6.45) is 0. The predicted octanol–water partition coefficient (Wildman–Crippen LogP) is 6.10. The maximum absolute atomic E-state index is 12.8. The zero-order valence-corrected chi connectivity index (χ0v) is 17.2. The van der Waals surface area contributed by atoms with Crippen molar-refractivity contribution in [3.63, 3.8) is 0 Å². The summed E-state index contributed by atoms with van der Waals surface area (Å²) in [6, 6.07) is 17.6. The van der Waals surface area contributed by atoms with Gasteiger partial charge < -0.3 is 19.5 Å². The maximum Gasteiger partial charge on any atom is 0.255 e. The van der Waals surface area contributed by atoms with Crippen LogP contribution in [0, 0.1) is 6.92 Å². The number of methoxy groups -OCH3 is 1. The first kappa shape index (κ1) is 20.6. The van der Waals surface area contributed by atoms with Crippen molar-refractivity contribution in [3.05, 3.63) is 76.8 Å². The number of carbonyl (C=O) groups is 1. The minimum absolute atomic E-state index is 0.270. The molecule has 6 heteroatoms. The van der Waals surface area contributed by atoms with Crippen LogP contribution in [0.3, 0.4) is 0 Å². The van der Waals surface area contributed by atoms with Gasteiger partial charge in [0.25, 0.3) is 5.91 Å². The Labute approximate surface area is 175 Å². The molecule has 0 heterocycles. The Morgan fingerprint density at radius 2 is 1.76 bits per heavy atom. The highest BCUT2D eigenvalue weighted by Crippen LogP contribution is 2.33. The first-order chi connectivity index (χ1) is 14.0. The van der Waals surface area contributed by atoms with Crippen LogP contribution >= 0.6 is 11.6 Å². The molecule has 0 aliphatic carbocycles. The lowest BCUT2D eigenvalue weighted by Gasteiger charge is -2.14. The number of halogens is 1. The van der Waals surface area contributed by atoms with Crippen LogP contribution in [0.2, 0.25) is 5.02 Å². The molecule has 0 saturated carbocycles. The molecule has 0 atom stereocenters. The van der Waals surface area contributed by atoms with Gasteiger partial charge in [-0.2, -0.15) is 0 Å². The van der Waals surface area contributed by atoms with Gasteiger partial charge in [-0.25, -0.2) is 0 Å². The zero-order valence-electron chi connectivity index (χ0n) is 16.5. The molecule has 150 valence electrons. The molecule has 0 aliphatic heterocycles. The van der Waals surface area contributed by atoms with Gasteiger partial charge in [0.1, 0.15) is 17.2 Å². The molecule has 0 aliphatic rings. The Kier molecular flexibility index (Phi) is 6.62. The highest BCUT2D eigenvalue weighted by atomic mass is 35.5. The molecule has 1 N–H and O–H groups in total. The van der Waals surface area contributed by atoms with E-state index in [1.54, 1.807) is 55.6 Å². The molecule has 3 aromatic rings. The highest BCUT2D eigenvalue weighted by Gasteiger charge is 2.13. The van der Waals surface area contributed by atoms with Crippen LogP contribution in [-0.2, 0) is 0 Å². The third-order valence-electron chi connectivity index (χ3n) is 4.20. The van der Waals surface area contributed by atoms with Crippen molar-refractivity contribution >= 4 is 23.2 Å². The normalized spacial score (nSPS) is 10.3. The number of ether oxygens (including phenoxy) is 3. The van der Waals surface area contributed by atoms with E-state index in [1.165, 1.54) is 0 Å². The summed E-state index contributed by atoms with van der Waals surface area (Å²) in [7, 11) is 1.59. The van der Waals surface area contributed by atoms with Gasteiger partial charge in [0, 0.05) is 16.7 Å². The number of benzene rings is 3. The summed E-state index contributed by atoms with van der Waals surface area (Å²) < 4.78 is 16.7. The second kappa shape index (κ2) is 9.34. The number of hydrogen-bond acceptors (Lipinski definition) is 4. The van der Waals surface area contributed by atoms with E-state index in [-0.39, 0.29) is 5.91 Å². The number of carbonyl (C=O) groups excluding carboxylic acids is 1. The fourth-order valence-electron chi connectivity index (χ4n) is 2.78. The largest absolute Gasteiger partial charge is 0.497 e. The van der Waals surface area contributed by atoms with Gasteiger partial charge in [-0.15, -0.1) is 0 Å². The summed E-state index contributed by atoms with van der Waals surface area (Å²) in [5.41, 5.74) is 1.87. The SMILES string of the molecule is CCOc1ccc(C(=O)Nc2cc(Cl)ccc2Oc2cccc(OC)c2)cc1C. The first-order valence-electron chi connectivity index (χ1n) is 9.16. The first-order valence-corrected chi connectivity index (χ1v) is 9.54. The fraction of sp³-hybridized carbons (Fsp3) is 0.174. The number of hydrogen-bond donors (Lipinski definition) is 1. The van der Waals surface area contributed by atoms with E-state index in [0.717, 1.165) is 11.3 Å². The highest BCUT2D eigenvalue weighted by molar-refractivity contribution is 6.31. The Balaban J connectivity index is 1.84. The van der Waals surface area contributed by atoms with Crippen molar-refractivity contribution in [2.45, 2.75) is 13.8 Å². The van der Waals surface area contributed by atoms with Gasteiger partial charge in [0.2, 0.25) is 0 Å². The molecule has 1 amide bonds. The topological polar surface area (TPSA) is 56.8 Å². The molecule has 0 aromatic heterocycles. The van der Waals surface area contributed by atoms with Gasteiger partial charge in [-0.3, -0.25) is 4.79 Å². The Morgan fingerprint density at radius 3 is 2.48 bits per heavy atom. The fourth-order valence-corrected chi connectivity index (χ4v) is 2.96. The Bertz CT molecular complexity index is 1020. The summed E-state index contributed by atoms with van der Waals surface area (Å²) in [5, 5.41) is 3.36. The number of amides is 1. The van der Waals surface area contributed by atoms with Crippen molar-refractivity contribution in [2.24, 2.45) is 0 Å². The van der Waals surface area contributed by atoms with Gasteiger partial charge >= 0.3 is 0 Å². The van der Waals surface area contributed by atoms with Crippen molar-refractivity contribution in [2.75, 3.05) is 19.0 Å². The molecule has 0 unspecified atom stereocenters. The molecule has 3 rings (SSSR count). The van der Waals surface area contributed by atoms with Crippen LogP contribution in [0.5, 0.6) is 23.0 Å². The third-order valence-corrected chi connectivity index (χ3v) is 4.43. The minimum atomic E-state index is -0.270. The van der Waals surface area contributed by atoms with E-state index < -0.39 is 0 Å². The average Bonchev–Trinajstić information content (AvgIpc) is 2.71.